The molecule has 42 heavy (non-hydrogen) atoms. The van der Waals surface area contributed by atoms with Crippen LogP contribution in [0.5, 0.6) is 0 Å². The van der Waals surface area contributed by atoms with Gasteiger partial charge in [0.15, 0.2) is 47.1 Å². The van der Waals surface area contributed by atoms with Crippen molar-refractivity contribution in [3.8, 4) is 0 Å². The topological polar surface area (TPSA) is 123 Å². The van der Waals surface area contributed by atoms with Crippen LogP contribution in [0, 0.1) is 34.9 Å². The molecule has 0 aliphatic rings. The highest BCUT2D eigenvalue weighted by atomic mass is 35.5. The number of carbonyl (C=O) groups is 3. The van der Waals surface area contributed by atoms with Gasteiger partial charge in [-0.2, -0.15) is 0 Å². The van der Waals surface area contributed by atoms with Crippen molar-refractivity contribution in [2.24, 2.45) is 0 Å². The fourth-order valence-electron chi connectivity index (χ4n) is 2.89. The highest BCUT2D eigenvalue weighted by Gasteiger charge is 2.26. The molecule has 0 aromatic heterocycles. The maximum atomic E-state index is 13.4. The monoisotopic (exact) mass is 650 g/mol. The Hall–Kier alpha value is -3.27. The van der Waals surface area contributed by atoms with E-state index in [4.69, 9.17) is 42.5 Å². The van der Waals surface area contributed by atoms with Gasteiger partial charge >= 0.3 is 12.1 Å². The zero-order chi connectivity index (χ0) is 32.2. The molecular weight excluding hydrogens is 625 g/mol. The highest BCUT2D eigenvalue weighted by molar-refractivity contribution is 6.18. The number of hydrogen-bond acceptors (Lipinski definition) is 6. The van der Waals surface area contributed by atoms with Crippen LogP contribution in [-0.4, -0.2) is 53.7 Å². The van der Waals surface area contributed by atoms with Gasteiger partial charge in [-0.15, -0.1) is 23.2 Å². The van der Waals surface area contributed by atoms with Gasteiger partial charge in [-0.25, -0.2) is 41.4 Å². The highest BCUT2D eigenvalue weighted by Crippen LogP contribution is 2.24. The van der Waals surface area contributed by atoms with Gasteiger partial charge in [0.2, 0.25) is 0 Å². The summed E-state index contributed by atoms with van der Waals surface area (Å²) >= 11 is 10.8. The number of rotatable bonds is 10. The molecule has 0 fully saturated rings. The molecular formula is C25H26Cl2F6N2O7. The normalized spacial score (nSPS) is 12.5. The van der Waals surface area contributed by atoms with Crippen LogP contribution in [0.1, 0.15) is 44.1 Å². The van der Waals surface area contributed by atoms with Crippen molar-refractivity contribution >= 4 is 41.2 Å². The first-order valence-corrected chi connectivity index (χ1v) is 12.7. The molecule has 0 heterocycles. The molecule has 2 amide bonds. The predicted octanol–water partition coefficient (Wildman–Crippen LogP) is 5.44. The number of benzene rings is 2. The van der Waals surface area contributed by atoms with Crippen LogP contribution in [0.2, 0.25) is 0 Å². The molecule has 0 saturated heterocycles. The fraction of sp³-hybridized carbons (Fsp3) is 0.400. The first kappa shape index (κ1) is 36.8. The number of carboxylic acid groups (broad SMARTS) is 1. The minimum absolute atomic E-state index is 0.00453. The lowest BCUT2D eigenvalue weighted by Crippen LogP contribution is -2.46. The summed E-state index contributed by atoms with van der Waals surface area (Å²) in [6, 6.07) is 2.38. The van der Waals surface area contributed by atoms with E-state index in [0.29, 0.717) is 24.3 Å². The van der Waals surface area contributed by atoms with Crippen molar-refractivity contribution in [2.45, 2.75) is 38.6 Å². The van der Waals surface area contributed by atoms with E-state index in [-0.39, 0.29) is 36.1 Å². The summed E-state index contributed by atoms with van der Waals surface area (Å²) < 4.78 is 93.1. The van der Waals surface area contributed by atoms with E-state index in [1.807, 2.05) is 10.9 Å². The summed E-state index contributed by atoms with van der Waals surface area (Å²) in [6.45, 7) is 4.60. The SMILES string of the molecule is CC(C)(C)OC(=O)NNC(=O)C(OCCCl)c1cc(F)c(F)c(F)c1.O=C(O)C(OCCCl)c1cc(F)c(F)c(F)c1. The van der Waals surface area contributed by atoms with Gasteiger partial charge in [0, 0.05) is 11.8 Å². The summed E-state index contributed by atoms with van der Waals surface area (Å²) in [5.41, 5.74) is 2.56. The number of hydrogen-bond donors (Lipinski definition) is 3. The van der Waals surface area contributed by atoms with Gasteiger partial charge in [-0.05, 0) is 56.2 Å². The van der Waals surface area contributed by atoms with Crippen LogP contribution in [0.25, 0.3) is 0 Å². The van der Waals surface area contributed by atoms with Crippen LogP contribution in [0.15, 0.2) is 24.3 Å². The number of ether oxygens (including phenoxy) is 3. The number of aliphatic carboxylic acids is 1. The molecule has 9 nitrogen and oxygen atoms in total. The standard InChI is InChI=1S/C15H18ClF3N2O4.C10H8ClF3O3/c1-15(2,3)25-14(23)21-20-13(22)12(24-5-4-16)8-6-9(17)11(19)10(18)7-8;11-1-2-17-9(10(15)16)5-3-6(12)8(14)7(13)4-5/h6-7,12H,4-5H2,1-3H3,(H,20,22)(H,21,23);3-4,9H,1-2H2,(H,15,16). The lowest BCUT2D eigenvalue weighted by molar-refractivity contribution is -0.150. The van der Waals surface area contributed by atoms with E-state index < -0.39 is 70.7 Å². The lowest BCUT2D eigenvalue weighted by Gasteiger charge is -2.21. The number of amides is 2. The van der Waals surface area contributed by atoms with Crippen LogP contribution in [0.3, 0.4) is 0 Å². The maximum absolute atomic E-state index is 13.4. The van der Waals surface area contributed by atoms with Crippen LogP contribution >= 0.6 is 23.2 Å². The van der Waals surface area contributed by atoms with E-state index >= 15 is 0 Å². The van der Waals surface area contributed by atoms with Gasteiger partial charge in [0.25, 0.3) is 5.91 Å². The molecule has 234 valence electrons. The number of alkyl halides is 2. The second kappa shape index (κ2) is 17.0. The van der Waals surface area contributed by atoms with E-state index in [2.05, 4.69) is 0 Å². The van der Waals surface area contributed by atoms with Crippen LogP contribution < -0.4 is 10.9 Å². The zero-order valence-corrected chi connectivity index (χ0v) is 23.7. The fourth-order valence-corrected chi connectivity index (χ4v) is 3.07. The number of carbonyl (C=O) groups excluding carboxylic acids is 2. The Kier molecular flexibility index (Phi) is 14.9. The van der Waals surface area contributed by atoms with Gasteiger partial charge in [-0.1, -0.05) is 0 Å². The molecule has 3 N–H and O–H groups in total. The first-order valence-electron chi connectivity index (χ1n) is 11.7. The Morgan fingerprint density at radius 1 is 0.762 bits per heavy atom. The Morgan fingerprint density at radius 3 is 1.50 bits per heavy atom. The van der Waals surface area contributed by atoms with Crippen molar-refractivity contribution in [2.75, 3.05) is 25.0 Å². The largest absolute Gasteiger partial charge is 0.479 e. The van der Waals surface area contributed by atoms with Gasteiger partial charge < -0.3 is 19.3 Å². The molecule has 2 atom stereocenters. The number of nitrogens with one attached hydrogen (secondary N) is 2. The summed E-state index contributed by atoms with van der Waals surface area (Å²) in [6.07, 6.45) is -4.06. The van der Waals surface area contributed by atoms with Crippen LogP contribution in [0.4, 0.5) is 31.1 Å². The van der Waals surface area contributed by atoms with E-state index in [9.17, 15) is 40.7 Å². The maximum Gasteiger partial charge on any atom is 0.426 e. The van der Waals surface area contributed by atoms with Gasteiger partial charge in [-0.3, -0.25) is 10.2 Å². The second-order valence-electron chi connectivity index (χ2n) is 8.93. The minimum Gasteiger partial charge on any atom is -0.479 e. The molecule has 17 heteroatoms. The molecule has 2 aromatic carbocycles. The zero-order valence-electron chi connectivity index (χ0n) is 22.2. The predicted molar refractivity (Wildman–Crippen MR) is 137 cm³/mol. The van der Waals surface area contributed by atoms with Crippen molar-refractivity contribution in [3.63, 3.8) is 0 Å². The molecule has 2 aromatic rings. The van der Waals surface area contributed by atoms with Crippen molar-refractivity contribution < 1.29 is 60.0 Å². The smallest absolute Gasteiger partial charge is 0.426 e. The summed E-state index contributed by atoms with van der Waals surface area (Å²) in [7, 11) is 0. The third kappa shape index (κ3) is 11.9. The summed E-state index contributed by atoms with van der Waals surface area (Å²) in [5.74, 6) is -11.6. The molecule has 0 aliphatic heterocycles. The molecule has 0 bridgehead atoms. The Balaban J connectivity index is 0.000000452. The van der Waals surface area contributed by atoms with Gasteiger partial charge in [0.1, 0.15) is 5.60 Å². The first-order chi connectivity index (χ1) is 19.5. The number of halogens is 8. The summed E-state index contributed by atoms with van der Waals surface area (Å²) in [5, 5.41) is 8.80. The third-order valence-corrected chi connectivity index (χ3v) is 4.80. The van der Waals surface area contributed by atoms with Crippen molar-refractivity contribution in [3.05, 3.63) is 70.3 Å². The molecule has 2 unspecified atom stereocenters. The molecule has 0 aliphatic carbocycles. The summed E-state index contributed by atoms with van der Waals surface area (Å²) in [4.78, 5) is 34.5. The molecule has 0 spiro atoms. The minimum atomic E-state index is -1.67. The molecule has 0 saturated carbocycles. The third-order valence-electron chi connectivity index (χ3n) is 4.49. The van der Waals surface area contributed by atoms with E-state index in [0.717, 1.165) is 0 Å². The van der Waals surface area contributed by atoms with E-state index in [1.54, 1.807) is 20.8 Å². The average molecular weight is 651 g/mol. The second-order valence-corrected chi connectivity index (χ2v) is 9.69. The van der Waals surface area contributed by atoms with Crippen molar-refractivity contribution in [1.29, 1.82) is 0 Å². The Labute approximate surface area is 246 Å². The number of carboxylic acids is 1. The Bertz CT molecular complexity index is 1200. The number of hydrazine groups is 1. The quantitative estimate of drug-likeness (QED) is 0.135. The lowest BCUT2D eigenvalue weighted by atomic mass is 10.1. The average Bonchev–Trinajstić information content (AvgIpc) is 2.88. The molecule has 2 rings (SSSR count). The molecule has 0 radical (unpaired) electrons. The van der Waals surface area contributed by atoms with E-state index in [1.165, 1.54) is 0 Å². The van der Waals surface area contributed by atoms with Crippen LogP contribution in [-0.2, 0) is 23.8 Å². The Morgan fingerprint density at radius 2 is 1.14 bits per heavy atom. The van der Waals surface area contributed by atoms with Gasteiger partial charge in [0.05, 0.1) is 13.2 Å². The van der Waals surface area contributed by atoms with Crippen molar-refractivity contribution in [1.82, 2.24) is 10.9 Å².